The smallest absolute Gasteiger partial charge is 0.305 e. The molecule has 0 radical (unpaired) electrons. The van der Waals surface area contributed by atoms with Crippen LogP contribution in [0.1, 0.15) is 52.7 Å². The number of para-hydroxylation sites is 4. The minimum Gasteiger partial charge on any atom is -0.509 e. The Morgan fingerprint density at radius 1 is 0.514 bits per heavy atom. The second-order valence-corrected chi connectivity index (χ2v) is 24.4. The Balaban J connectivity index is 0.00000560. The van der Waals surface area contributed by atoms with Crippen LogP contribution in [-0.2, 0) is 31.9 Å². The van der Waals surface area contributed by atoms with Gasteiger partial charge in [-0.2, -0.15) is 17.1 Å². The predicted octanol–water partition coefficient (Wildman–Crippen LogP) is 13.7. The zero-order valence-corrected chi connectivity index (χ0v) is 44.4. The van der Waals surface area contributed by atoms with Gasteiger partial charge in [-0.25, -0.2) is 0 Å². The SMILES string of the molecule is CC(C)(C)c1cc(N2[CH-]N(c3[c-]c(Oc4[c-]c5c(cc4)c4cc([Si](c6ccccc6)(c6ccccc6)c6ccccc6)ccc4n5-c4nc5ccccc5o4)ccc3)c3ccccc32)cc(C(C)(C)C)c1.[Pt]. The van der Waals surface area contributed by atoms with Crippen LogP contribution in [0.3, 0.4) is 0 Å². The second kappa shape index (κ2) is 18.3. The van der Waals surface area contributed by atoms with Crippen LogP contribution in [0.15, 0.2) is 211 Å². The van der Waals surface area contributed by atoms with Gasteiger partial charge in [-0.1, -0.05) is 181 Å². The van der Waals surface area contributed by atoms with E-state index in [1.165, 1.54) is 31.9 Å². The fourth-order valence-corrected chi connectivity index (χ4v) is 15.1. The van der Waals surface area contributed by atoms with E-state index < -0.39 is 8.07 Å². The molecule has 8 heteroatoms. The van der Waals surface area contributed by atoms with Crippen LogP contribution in [0.4, 0.5) is 22.7 Å². The molecule has 0 fully saturated rings. The molecule has 2 aromatic heterocycles. The first-order valence-electron chi connectivity index (χ1n) is 24.4. The number of benzene rings is 9. The first kappa shape index (κ1) is 46.9. The molecule has 0 amide bonds. The third-order valence-electron chi connectivity index (χ3n) is 14.0. The average Bonchev–Trinajstić information content (AvgIpc) is 4.09. The van der Waals surface area contributed by atoms with Crippen LogP contribution in [0.5, 0.6) is 11.5 Å². The van der Waals surface area contributed by atoms with Crippen molar-refractivity contribution >= 4 is 84.5 Å². The van der Waals surface area contributed by atoms with E-state index in [0.717, 1.165) is 50.1 Å². The molecule has 0 saturated carbocycles. The quantitative estimate of drug-likeness (QED) is 0.0819. The Bertz CT molecular complexity index is 3600. The molecule has 11 aromatic rings. The topological polar surface area (TPSA) is 46.7 Å². The van der Waals surface area contributed by atoms with E-state index in [1.54, 1.807) is 0 Å². The summed E-state index contributed by atoms with van der Waals surface area (Å²) in [6.07, 6.45) is 0. The summed E-state index contributed by atoms with van der Waals surface area (Å²) < 4.78 is 15.4. The summed E-state index contributed by atoms with van der Waals surface area (Å²) in [6.45, 7) is 15.9. The molecule has 0 atom stereocenters. The zero-order chi connectivity index (χ0) is 48.5. The second-order valence-electron chi connectivity index (χ2n) is 20.6. The van der Waals surface area contributed by atoms with Crippen molar-refractivity contribution in [2.75, 3.05) is 9.80 Å². The average molecular weight is 1130 g/mol. The van der Waals surface area contributed by atoms with E-state index in [-0.39, 0.29) is 31.9 Å². The molecular formula is C64H53N4O2PtSi-3. The molecule has 0 unspecified atom stereocenters. The standard InChI is InChI=1S/C64H53N4O2Si.Pt/c1-63(2,3)44-37-45(64(4,5)6)39-47(38-44)67-43-66(58-30-17-18-31-59(58)67)46-21-20-22-48(40-46)69-49-33-35-54-55-42-53(34-36-57(55)68(60(54)41-49)62-65-56-29-16-19-32-61(56)70-62)71(50-23-10-7-11-24-50,51-25-12-8-13-26-51)52-27-14-9-15-28-52;/h7-39,42-43H,1-6H3;/q-3;. The molecule has 0 saturated heterocycles. The minimum atomic E-state index is -2.84. The van der Waals surface area contributed by atoms with E-state index in [2.05, 4.69) is 239 Å². The molecule has 1 aliphatic heterocycles. The van der Waals surface area contributed by atoms with Gasteiger partial charge in [0.15, 0.2) is 13.7 Å². The fourth-order valence-electron chi connectivity index (χ4n) is 10.3. The molecular weight excluding hydrogens is 1080 g/mol. The Morgan fingerprint density at radius 2 is 1.08 bits per heavy atom. The van der Waals surface area contributed by atoms with E-state index in [1.807, 2.05) is 42.5 Å². The van der Waals surface area contributed by atoms with Gasteiger partial charge in [-0.15, -0.1) is 48.1 Å². The van der Waals surface area contributed by atoms with Gasteiger partial charge in [0.05, 0.1) is 0 Å². The van der Waals surface area contributed by atoms with Crippen molar-refractivity contribution in [3.63, 3.8) is 0 Å². The van der Waals surface area contributed by atoms with Gasteiger partial charge in [0.2, 0.25) is 0 Å². The summed E-state index contributed by atoms with van der Waals surface area (Å²) in [5.41, 5.74) is 9.98. The number of hydrogen-bond donors (Lipinski definition) is 0. The van der Waals surface area contributed by atoms with Gasteiger partial charge in [-0.3, -0.25) is 4.57 Å². The summed E-state index contributed by atoms with van der Waals surface area (Å²) >= 11 is 0. The van der Waals surface area contributed by atoms with Gasteiger partial charge < -0.3 is 19.0 Å². The van der Waals surface area contributed by atoms with Crippen molar-refractivity contribution in [1.82, 2.24) is 9.55 Å². The van der Waals surface area contributed by atoms with Crippen LogP contribution in [0, 0.1) is 18.8 Å². The van der Waals surface area contributed by atoms with Gasteiger partial charge in [0.1, 0.15) is 5.52 Å². The van der Waals surface area contributed by atoms with Crippen LogP contribution in [0.2, 0.25) is 0 Å². The molecule has 358 valence electrons. The van der Waals surface area contributed by atoms with Crippen molar-refractivity contribution < 1.29 is 30.2 Å². The van der Waals surface area contributed by atoms with Gasteiger partial charge >= 0.3 is 6.01 Å². The Labute approximate surface area is 437 Å². The van der Waals surface area contributed by atoms with Crippen LogP contribution < -0.4 is 35.3 Å². The molecule has 1 aliphatic rings. The van der Waals surface area contributed by atoms with Gasteiger partial charge in [0, 0.05) is 55.1 Å². The Hall–Kier alpha value is -7.44. The largest absolute Gasteiger partial charge is 0.509 e. The molecule has 72 heavy (non-hydrogen) atoms. The number of rotatable bonds is 9. The molecule has 6 nitrogen and oxygen atoms in total. The molecule has 0 bridgehead atoms. The maximum Gasteiger partial charge on any atom is 0.305 e. The number of nitrogens with zero attached hydrogens (tertiary/aromatic N) is 4. The Morgan fingerprint density at radius 3 is 1.69 bits per heavy atom. The summed E-state index contributed by atoms with van der Waals surface area (Å²) in [4.78, 5) is 9.54. The van der Waals surface area contributed by atoms with Crippen LogP contribution >= 0.6 is 0 Å². The number of ether oxygens (including phenoxy) is 1. The number of aromatic nitrogens is 2. The third-order valence-corrected chi connectivity index (χ3v) is 18.7. The van der Waals surface area contributed by atoms with Crippen LogP contribution in [0.25, 0.3) is 38.9 Å². The number of hydrogen-bond acceptors (Lipinski definition) is 5. The third kappa shape index (κ3) is 8.15. The summed E-state index contributed by atoms with van der Waals surface area (Å²) in [5.74, 6) is 1.12. The normalized spacial score (nSPS) is 12.9. The van der Waals surface area contributed by atoms with Crippen molar-refractivity contribution in [1.29, 1.82) is 0 Å². The first-order valence-corrected chi connectivity index (χ1v) is 26.4. The molecule has 12 rings (SSSR count). The maximum atomic E-state index is 6.77. The minimum absolute atomic E-state index is 0. The molecule has 9 aromatic carbocycles. The van der Waals surface area contributed by atoms with E-state index in [9.17, 15) is 0 Å². The summed E-state index contributed by atoms with van der Waals surface area (Å²) in [6, 6.07) is 81.5. The fraction of sp³-hybridized carbons (Fsp3) is 0.125. The van der Waals surface area contributed by atoms with Crippen molar-refractivity contribution in [2.24, 2.45) is 0 Å². The van der Waals surface area contributed by atoms with Crippen LogP contribution in [-0.4, -0.2) is 17.6 Å². The predicted molar refractivity (Wildman–Crippen MR) is 295 cm³/mol. The first-order chi connectivity index (χ1) is 34.4. The number of anilines is 4. The van der Waals surface area contributed by atoms with Gasteiger partial charge in [-0.05, 0) is 90.6 Å². The van der Waals surface area contributed by atoms with E-state index in [4.69, 9.17) is 14.1 Å². The number of oxazole rings is 1. The van der Waals surface area contributed by atoms with Gasteiger partial charge in [0.25, 0.3) is 0 Å². The Kier molecular flexibility index (Phi) is 11.9. The van der Waals surface area contributed by atoms with E-state index >= 15 is 0 Å². The van der Waals surface area contributed by atoms with E-state index in [0.29, 0.717) is 23.1 Å². The molecule has 3 heterocycles. The summed E-state index contributed by atoms with van der Waals surface area (Å²) in [5, 5.41) is 7.30. The molecule has 0 N–H and O–H groups in total. The van der Waals surface area contributed by atoms with Crippen molar-refractivity contribution in [3.05, 3.63) is 236 Å². The zero-order valence-electron chi connectivity index (χ0n) is 41.1. The van der Waals surface area contributed by atoms with Crippen molar-refractivity contribution in [3.8, 4) is 17.5 Å². The molecule has 0 spiro atoms. The number of fused-ring (bicyclic) bond motifs is 5. The van der Waals surface area contributed by atoms with Crippen molar-refractivity contribution in [2.45, 2.75) is 52.4 Å². The summed E-state index contributed by atoms with van der Waals surface area (Å²) in [7, 11) is -2.84. The monoisotopic (exact) mass is 1130 g/mol. The maximum absolute atomic E-state index is 6.77. The molecule has 0 aliphatic carbocycles.